The van der Waals surface area contributed by atoms with Crippen LogP contribution >= 0.6 is 0 Å². The number of hydrogen-bond donors (Lipinski definition) is 3. The van der Waals surface area contributed by atoms with Crippen molar-refractivity contribution in [1.29, 1.82) is 0 Å². The topological polar surface area (TPSA) is 112 Å². The average Bonchev–Trinajstić information content (AvgIpc) is 2.43. The zero-order valence-electron chi connectivity index (χ0n) is 10.6. The maximum absolute atomic E-state index is 12.4. The summed E-state index contributed by atoms with van der Waals surface area (Å²) in [5.74, 6) is -5.44. The molecule has 6 heteroatoms. The summed E-state index contributed by atoms with van der Waals surface area (Å²) in [5, 5.41) is 28.7. The summed E-state index contributed by atoms with van der Waals surface area (Å²) in [6.45, 7) is 0. The largest absolute Gasteiger partial charge is 0.511 e. The lowest BCUT2D eigenvalue weighted by atomic mass is 9.70. The number of phenols is 1. The summed E-state index contributed by atoms with van der Waals surface area (Å²) in [7, 11) is 0. The molecule has 0 aliphatic heterocycles. The number of aliphatic hydroxyl groups is 1. The molecule has 0 radical (unpaired) electrons. The van der Waals surface area contributed by atoms with Gasteiger partial charge in [0.25, 0.3) is 0 Å². The number of ketones is 2. The van der Waals surface area contributed by atoms with Gasteiger partial charge < -0.3 is 15.3 Å². The number of aliphatic hydroxyl groups excluding tert-OH is 1. The highest BCUT2D eigenvalue weighted by atomic mass is 16.4. The molecule has 2 atom stereocenters. The molecule has 2 aliphatic carbocycles. The van der Waals surface area contributed by atoms with Crippen molar-refractivity contribution < 1.29 is 29.7 Å². The highest BCUT2D eigenvalue weighted by Crippen LogP contribution is 2.40. The van der Waals surface area contributed by atoms with Crippen LogP contribution in [0.4, 0.5) is 0 Å². The van der Waals surface area contributed by atoms with Gasteiger partial charge in [0.15, 0.2) is 11.6 Å². The van der Waals surface area contributed by atoms with Crippen LogP contribution in [0, 0.1) is 11.8 Å². The van der Waals surface area contributed by atoms with Crippen LogP contribution in [0.25, 0.3) is 0 Å². The predicted molar refractivity (Wildman–Crippen MR) is 70.2 cm³/mol. The molecular weight excluding hydrogens is 276 g/mol. The van der Waals surface area contributed by atoms with Gasteiger partial charge in [0.05, 0.1) is 23.0 Å². The third-order valence-corrected chi connectivity index (χ3v) is 3.73. The SMILES string of the molecule is O=C(O)C1=CC2C(=O)c3cccc(O)c3C(=O)C2C(O)=C1. The number of phenolic OH excluding ortho intramolecular Hbond substituents is 1. The van der Waals surface area contributed by atoms with E-state index >= 15 is 0 Å². The summed E-state index contributed by atoms with van der Waals surface area (Å²) in [6, 6.07) is 4.11. The first-order chi connectivity index (χ1) is 9.91. The van der Waals surface area contributed by atoms with Crippen LogP contribution in [0.1, 0.15) is 20.7 Å². The lowest BCUT2D eigenvalue weighted by molar-refractivity contribution is -0.132. The van der Waals surface area contributed by atoms with E-state index in [-0.39, 0.29) is 22.4 Å². The molecule has 0 bridgehead atoms. The molecule has 0 spiro atoms. The molecule has 0 fully saturated rings. The number of Topliss-reactive ketones (excluding diaryl/α,β-unsaturated/α-hetero) is 2. The number of hydrogen-bond acceptors (Lipinski definition) is 5. The molecule has 1 aromatic carbocycles. The Morgan fingerprint density at radius 2 is 1.81 bits per heavy atom. The van der Waals surface area contributed by atoms with Gasteiger partial charge in [0, 0.05) is 5.56 Å². The normalized spacial score (nSPS) is 23.8. The van der Waals surface area contributed by atoms with Crippen LogP contribution in [0.2, 0.25) is 0 Å². The van der Waals surface area contributed by atoms with E-state index in [2.05, 4.69) is 0 Å². The highest BCUT2D eigenvalue weighted by molar-refractivity contribution is 6.19. The van der Waals surface area contributed by atoms with E-state index in [1.807, 2.05) is 0 Å². The summed E-state index contributed by atoms with van der Waals surface area (Å²) in [4.78, 5) is 35.8. The number of aliphatic carboxylic acids is 1. The van der Waals surface area contributed by atoms with Gasteiger partial charge in [0.2, 0.25) is 0 Å². The van der Waals surface area contributed by atoms with Crippen LogP contribution < -0.4 is 0 Å². The molecule has 0 saturated carbocycles. The Morgan fingerprint density at radius 1 is 1.10 bits per heavy atom. The number of benzene rings is 1. The van der Waals surface area contributed by atoms with Gasteiger partial charge in [-0.1, -0.05) is 18.2 Å². The van der Waals surface area contributed by atoms with Crippen LogP contribution in [0.15, 0.2) is 41.7 Å². The Kier molecular flexibility index (Phi) is 2.69. The number of carbonyl (C=O) groups excluding carboxylic acids is 2. The number of rotatable bonds is 1. The number of fused-ring (bicyclic) bond motifs is 2. The fraction of sp³-hybridized carbons (Fsp3) is 0.133. The molecule has 21 heavy (non-hydrogen) atoms. The van der Waals surface area contributed by atoms with Crippen molar-refractivity contribution in [2.24, 2.45) is 11.8 Å². The molecule has 1 aromatic rings. The molecule has 2 unspecified atom stereocenters. The summed E-state index contributed by atoms with van der Waals surface area (Å²) in [6.07, 6.45) is 2.12. The smallest absolute Gasteiger partial charge is 0.335 e. The van der Waals surface area contributed by atoms with Crippen molar-refractivity contribution >= 4 is 17.5 Å². The van der Waals surface area contributed by atoms with Crippen molar-refractivity contribution in [2.45, 2.75) is 0 Å². The second-order valence-corrected chi connectivity index (χ2v) is 4.93. The summed E-state index contributed by atoms with van der Waals surface area (Å²) in [5.41, 5.74) is -0.327. The first-order valence-corrected chi connectivity index (χ1v) is 6.18. The molecule has 6 nitrogen and oxygen atoms in total. The Hall–Kier alpha value is -2.89. The van der Waals surface area contributed by atoms with Gasteiger partial charge in [-0.25, -0.2) is 4.79 Å². The van der Waals surface area contributed by atoms with E-state index in [9.17, 15) is 24.6 Å². The molecule has 2 aliphatic rings. The monoisotopic (exact) mass is 286 g/mol. The highest BCUT2D eigenvalue weighted by Gasteiger charge is 2.45. The third-order valence-electron chi connectivity index (χ3n) is 3.73. The van der Waals surface area contributed by atoms with Gasteiger partial charge in [-0.05, 0) is 12.1 Å². The van der Waals surface area contributed by atoms with Gasteiger partial charge >= 0.3 is 5.97 Å². The van der Waals surface area contributed by atoms with Crippen LogP contribution in [-0.2, 0) is 4.79 Å². The van der Waals surface area contributed by atoms with Crippen molar-refractivity contribution in [3.8, 4) is 5.75 Å². The Labute approximate surface area is 118 Å². The number of carbonyl (C=O) groups is 3. The van der Waals surface area contributed by atoms with E-state index in [1.165, 1.54) is 24.3 Å². The summed E-state index contributed by atoms with van der Waals surface area (Å²) < 4.78 is 0. The minimum absolute atomic E-state index is 0.0388. The fourth-order valence-electron chi connectivity index (χ4n) is 2.77. The lowest BCUT2D eigenvalue weighted by Gasteiger charge is -2.31. The van der Waals surface area contributed by atoms with E-state index in [4.69, 9.17) is 5.11 Å². The van der Waals surface area contributed by atoms with Crippen LogP contribution in [0.3, 0.4) is 0 Å². The third kappa shape index (κ3) is 1.76. The van der Waals surface area contributed by atoms with Gasteiger partial charge in [-0.15, -0.1) is 0 Å². The first kappa shape index (κ1) is 13.1. The first-order valence-electron chi connectivity index (χ1n) is 6.18. The Balaban J connectivity index is 2.22. The molecule has 3 rings (SSSR count). The Bertz CT molecular complexity index is 755. The zero-order chi connectivity index (χ0) is 15.3. The van der Waals surface area contributed by atoms with Crippen molar-refractivity contribution in [3.63, 3.8) is 0 Å². The maximum atomic E-state index is 12.4. The predicted octanol–water partition coefficient (Wildman–Crippen LogP) is 1.47. The van der Waals surface area contributed by atoms with E-state index in [0.29, 0.717) is 0 Å². The zero-order valence-corrected chi connectivity index (χ0v) is 10.6. The average molecular weight is 286 g/mol. The quantitative estimate of drug-likeness (QED) is 0.720. The van der Waals surface area contributed by atoms with E-state index in [1.54, 1.807) is 0 Å². The van der Waals surface area contributed by atoms with E-state index in [0.717, 1.165) is 6.08 Å². The minimum atomic E-state index is -1.29. The molecule has 0 saturated heterocycles. The van der Waals surface area contributed by atoms with Crippen molar-refractivity contribution in [3.05, 3.63) is 52.8 Å². The second kappa shape index (κ2) is 4.31. The number of allylic oxidation sites excluding steroid dienone is 2. The van der Waals surface area contributed by atoms with Crippen LogP contribution in [0.5, 0.6) is 5.75 Å². The Morgan fingerprint density at radius 3 is 2.48 bits per heavy atom. The number of aromatic hydroxyl groups is 1. The van der Waals surface area contributed by atoms with Crippen molar-refractivity contribution in [2.75, 3.05) is 0 Å². The molecule has 106 valence electrons. The minimum Gasteiger partial charge on any atom is -0.511 e. The van der Waals surface area contributed by atoms with Gasteiger partial charge in [0.1, 0.15) is 11.5 Å². The molecule has 0 aromatic heterocycles. The van der Waals surface area contributed by atoms with Gasteiger partial charge in [-0.3, -0.25) is 9.59 Å². The number of carboxylic acid groups (broad SMARTS) is 1. The van der Waals surface area contributed by atoms with Crippen LogP contribution in [-0.4, -0.2) is 32.9 Å². The molecular formula is C15H10O6. The standard InChI is InChI=1S/C15H10O6/c16-9-3-1-2-7-11(9)14(19)12-8(13(7)18)4-6(15(20)21)5-10(12)17/h1-5,8,12,16-17H,(H,20,21). The fourth-order valence-corrected chi connectivity index (χ4v) is 2.77. The second-order valence-electron chi connectivity index (χ2n) is 4.93. The van der Waals surface area contributed by atoms with Gasteiger partial charge in [-0.2, -0.15) is 0 Å². The maximum Gasteiger partial charge on any atom is 0.335 e. The molecule has 3 N–H and O–H groups in total. The molecule has 0 amide bonds. The number of carboxylic acids is 1. The summed E-state index contributed by atoms with van der Waals surface area (Å²) >= 11 is 0. The van der Waals surface area contributed by atoms with E-state index < -0.39 is 35.1 Å². The van der Waals surface area contributed by atoms with Crippen molar-refractivity contribution in [1.82, 2.24) is 0 Å². The molecule has 0 heterocycles. The lowest BCUT2D eigenvalue weighted by Crippen LogP contribution is -2.38.